The van der Waals surface area contributed by atoms with Gasteiger partial charge in [-0.25, -0.2) is 8.42 Å². The normalized spacial score (nSPS) is 11.8. The second kappa shape index (κ2) is 9.68. The van der Waals surface area contributed by atoms with Crippen molar-refractivity contribution >= 4 is 27.6 Å². The molecule has 2 N–H and O–H groups in total. The van der Waals surface area contributed by atoms with Gasteiger partial charge in [-0.3, -0.25) is 9.59 Å². The van der Waals surface area contributed by atoms with E-state index in [9.17, 15) is 18.0 Å². The van der Waals surface area contributed by atoms with Crippen LogP contribution in [-0.4, -0.2) is 40.1 Å². The quantitative estimate of drug-likeness (QED) is 0.620. The fourth-order valence-electron chi connectivity index (χ4n) is 2.30. The number of carbonyl (C=O) groups excluding carboxylic acids is 2. The van der Waals surface area contributed by atoms with Crippen molar-refractivity contribution in [3.05, 3.63) is 54.1 Å². The minimum atomic E-state index is -4.10. The maximum atomic E-state index is 12.3. The van der Waals surface area contributed by atoms with E-state index >= 15 is 0 Å². The summed E-state index contributed by atoms with van der Waals surface area (Å²) in [6, 6.07) is 14.0. The number of hydrogen-bond acceptors (Lipinski definition) is 7. The van der Waals surface area contributed by atoms with E-state index < -0.39 is 34.5 Å². The average molecular weight is 417 g/mol. The highest BCUT2D eigenvalue weighted by Gasteiger charge is 2.22. The van der Waals surface area contributed by atoms with Gasteiger partial charge in [0, 0.05) is 0 Å². The van der Waals surface area contributed by atoms with E-state index in [0.29, 0.717) is 11.4 Å². The van der Waals surface area contributed by atoms with Crippen LogP contribution in [0.4, 0.5) is 5.69 Å². The van der Waals surface area contributed by atoms with Gasteiger partial charge in [0.05, 0.1) is 23.3 Å². The van der Waals surface area contributed by atoms with Crippen LogP contribution in [-0.2, 0) is 24.3 Å². The number of benzene rings is 2. The van der Waals surface area contributed by atoms with Crippen molar-refractivity contribution in [2.75, 3.05) is 19.0 Å². The maximum Gasteiger partial charge on any atom is 0.321 e. The predicted molar refractivity (Wildman–Crippen MR) is 104 cm³/mol. The van der Waals surface area contributed by atoms with Gasteiger partial charge >= 0.3 is 5.97 Å². The summed E-state index contributed by atoms with van der Waals surface area (Å²) in [7, 11) is -2.65. The zero-order valence-electron chi connectivity index (χ0n) is 15.7. The fraction of sp³-hybridized carbons (Fsp3) is 0.211. The third-order valence-electron chi connectivity index (χ3n) is 3.75. The van der Waals surface area contributed by atoms with Gasteiger partial charge in [-0.15, -0.1) is 0 Å². The minimum Gasteiger partial charge on any atom is -0.495 e. The molecular formula is C19H19N3O6S. The topological polar surface area (TPSA) is 135 Å². The smallest absolute Gasteiger partial charge is 0.321 e. The van der Waals surface area contributed by atoms with Gasteiger partial charge in [-0.2, -0.15) is 9.98 Å². The molecule has 29 heavy (non-hydrogen) atoms. The Morgan fingerprint density at radius 1 is 1.14 bits per heavy atom. The van der Waals surface area contributed by atoms with Crippen LogP contribution in [0.25, 0.3) is 0 Å². The van der Waals surface area contributed by atoms with Crippen LogP contribution < -0.4 is 14.8 Å². The van der Waals surface area contributed by atoms with E-state index in [-0.39, 0.29) is 10.5 Å². The zero-order chi connectivity index (χ0) is 21.4. The molecule has 1 amide bonds. The fourth-order valence-corrected chi connectivity index (χ4v) is 3.42. The highest BCUT2D eigenvalue weighted by molar-refractivity contribution is 7.89. The first kappa shape index (κ1) is 21.9. The molecule has 2 aromatic carbocycles. The van der Waals surface area contributed by atoms with E-state index in [1.165, 1.54) is 38.3 Å². The number of nitriles is 1. The lowest BCUT2D eigenvalue weighted by molar-refractivity contribution is -0.151. The first-order valence-corrected chi connectivity index (χ1v) is 9.89. The zero-order valence-corrected chi connectivity index (χ0v) is 16.5. The third kappa shape index (κ3) is 5.78. The number of carbonyl (C=O) groups is 2. The van der Waals surface area contributed by atoms with Crippen LogP contribution in [0.1, 0.15) is 12.5 Å². The molecular weight excluding hydrogens is 398 g/mol. The minimum absolute atomic E-state index is 0.0575. The number of ether oxygens (including phenoxy) is 2. The van der Waals surface area contributed by atoms with Gasteiger partial charge in [0.1, 0.15) is 18.4 Å². The molecule has 0 saturated heterocycles. The Kier molecular flexibility index (Phi) is 7.30. The second-order valence-corrected chi connectivity index (χ2v) is 7.49. The Labute approximate surface area is 168 Å². The molecule has 9 nitrogen and oxygen atoms in total. The van der Waals surface area contributed by atoms with Crippen molar-refractivity contribution in [1.29, 1.82) is 5.26 Å². The SMILES string of the molecule is COc1ccccc1NC(=O)[C@H](C)OC(=O)CNS(=O)(=O)c1ccccc1C#N. The van der Waals surface area contributed by atoms with Crippen molar-refractivity contribution in [3.8, 4) is 11.8 Å². The largest absolute Gasteiger partial charge is 0.495 e. The van der Waals surface area contributed by atoms with Crippen molar-refractivity contribution in [1.82, 2.24) is 4.72 Å². The lowest BCUT2D eigenvalue weighted by Crippen LogP contribution is -2.36. The van der Waals surface area contributed by atoms with E-state index in [2.05, 4.69) is 10.0 Å². The molecule has 0 heterocycles. The Balaban J connectivity index is 1.94. The van der Waals surface area contributed by atoms with Crippen molar-refractivity contribution < 1.29 is 27.5 Å². The molecule has 152 valence electrons. The van der Waals surface area contributed by atoms with Gasteiger partial charge in [0.2, 0.25) is 10.0 Å². The van der Waals surface area contributed by atoms with E-state index in [1.54, 1.807) is 30.3 Å². The van der Waals surface area contributed by atoms with Crippen LogP contribution in [0.3, 0.4) is 0 Å². The summed E-state index contributed by atoms with van der Waals surface area (Å²) in [6.07, 6.45) is -1.18. The molecule has 2 rings (SSSR count). The number of anilines is 1. The number of hydrogen-bond donors (Lipinski definition) is 2. The van der Waals surface area contributed by atoms with Gasteiger partial charge < -0.3 is 14.8 Å². The van der Waals surface area contributed by atoms with E-state index in [1.807, 2.05) is 0 Å². The molecule has 0 aliphatic carbocycles. The first-order valence-electron chi connectivity index (χ1n) is 8.40. The first-order chi connectivity index (χ1) is 13.8. The highest BCUT2D eigenvalue weighted by Crippen LogP contribution is 2.23. The second-order valence-electron chi connectivity index (χ2n) is 5.75. The third-order valence-corrected chi connectivity index (χ3v) is 5.21. The monoisotopic (exact) mass is 417 g/mol. The number of amides is 1. The molecule has 0 bridgehead atoms. The van der Waals surface area contributed by atoms with Crippen molar-refractivity contribution in [2.45, 2.75) is 17.9 Å². The van der Waals surface area contributed by atoms with Crippen molar-refractivity contribution in [3.63, 3.8) is 0 Å². The molecule has 0 unspecified atom stereocenters. The Morgan fingerprint density at radius 2 is 1.79 bits per heavy atom. The van der Waals surface area contributed by atoms with Gasteiger partial charge in [0.15, 0.2) is 6.10 Å². The van der Waals surface area contributed by atoms with Crippen LogP contribution in [0.15, 0.2) is 53.4 Å². The molecule has 10 heteroatoms. The average Bonchev–Trinajstić information content (AvgIpc) is 2.72. The number of nitrogens with zero attached hydrogens (tertiary/aromatic N) is 1. The summed E-state index contributed by atoms with van der Waals surface area (Å²) in [5.74, 6) is -1.13. The molecule has 0 spiro atoms. The number of sulfonamides is 1. The molecule has 0 aliphatic rings. The van der Waals surface area contributed by atoms with Crippen molar-refractivity contribution in [2.24, 2.45) is 0 Å². The summed E-state index contributed by atoms with van der Waals surface area (Å²) in [5.41, 5.74) is 0.342. The number of methoxy groups -OCH3 is 1. The van der Waals surface area contributed by atoms with Crippen LogP contribution >= 0.6 is 0 Å². The predicted octanol–water partition coefficient (Wildman–Crippen LogP) is 1.42. The number of para-hydroxylation sites is 2. The molecule has 0 aliphatic heterocycles. The summed E-state index contributed by atoms with van der Waals surface area (Å²) in [4.78, 5) is 23.9. The van der Waals surface area contributed by atoms with Gasteiger partial charge in [-0.05, 0) is 31.2 Å². The Hall–Kier alpha value is -3.42. The lowest BCUT2D eigenvalue weighted by Gasteiger charge is -2.15. The van der Waals surface area contributed by atoms with E-state index in [4.69, 9.17) is 14.7 Å². The van der Waals surface area contributed by atoms with Gasteiger partial charge in [0.25, 0.3) is 5.91 Å². The number of nitrogens with one attached hydrogen (secondary N) is 2. The summed E-state index contributed by atoms with van der Waals surface area (Å²) in [6.45, 7) is 0.649. The lowest BCUT2D eigenvalue weighted by atomic mass is 10.2. The number of rotatable bonds is 8. The van der Waals surface area contributed by atoms with Crippen LogP contribution in [0.2, 0.25) is 0 Å². The van der Waals surface area contributed by atoms with Crippen LogP contribution in [0.5, 0.6) is 5.75 Å². The summed E-state index contributed by atoms with van der Waals surface area (Å²) >= 11 is 0. The van der Waals surface area contributed by atoms with Gasteiger partial charge in [-0.1, -0.05) is 24.3 Å². The summed E-state index contributed by atoms with van der Waals surface area (Å²) < 4.78 is 36.7. The number of esters is 1. The molecule has 2 aromatic rings. The standard InChI is InChI=1S/C19H19N3O6S/c1-13(19(24)22-15-8-4-5-9-16(15)27-2)28-18(23)12-21-29(25,26)17-10-6-3-7-14(17)11-20/h3-10,13,21H,12H2,1-2H3,(H,22,24)/t13-/m0/s1. The molecule has 1 atom stereocenters. The molecule has 0 fully saturated rings. The molecule has 0 aromatic heterocycles. The Morgan fingerprint density at radius 3 is 2.48 bits per heavy atom. The molecule has 0 saturated carbocycles. The van der Waals surface area contributed by atoms with E-state index in [0.717, 1.165) is 0 Å². The Bertz CT molecular complexity index is 1050. The maximum absolute atomic E-state index is 12.3. The highest BCUT2D eigenvalue weighted by atomic mass is 32.2. The summed E-state index contributed by atoms with van der Waals surface area (Å²) in [5, 5.41) is 11.6. The van der Waals surface area contributed by atoms with Crippen LogP contribution in [0, 0.1) is 11.3 Å². The molecule has 0 radical (unpaired) electrons.